The summed E-state index contributed by atoms with van der Waals surface area (Å²) >= 11 is 0. The molecule has 0 amide bonds. The van der Waals surface area contributed by atoms with Crippen molar-refractivity contribution < 1.29 is 23.4 Å². The first-order valence-electron chi connectivity index (χ1n) is 7.79. The van der Waals surface area contributed by atoms with E-state index in [1.165, 1.54) is 44.9 Å². The maximum absolute atomic E-state index is 10.6. The Hall–Kier alpha value is 0.0700. The number of rotatable bonds is 13. The van der Waals surface area contributed by atoms with E-state index < -0.39 is 7.82 Å². The molecule has 0 unspecified atom stereocenters. The van der Waals surface area contributed by atoms with Gasteiger partial charge in [0.25, 0.3) is 0 Å². The molecule has 20 heavy (non-hydrogen) atoms. The molecule has 5 nitrogen and oxygen atoms in total. The molecular formula is C14H33NO4P+. The van der Waals surface area contributed by atoms with Gasteiger partial charge in [0.2, 0.25) is 0 Å². The van der Waals surface area contributed by atoms with Crippen molar-refractivity contribution in [2.45, 2.75) is 58.3 Å². The lowest BCUT2D eigenvalue weighted by atomic mass is 10.1. The molecule has 0 aliphatic heterocycles. The number of phosphoric acid groups is 1. The highest BCUT2D eigenvalue weighted by atomic mass is 31.2. The van der Waals surface area contributed by atoms with E-state index in [4.69, 9.17) is 9.79 Å². The molecular weight excluding hydrogens is 277 g/mol. The molecule has 0 spiro atoms. The number of unbranched alkanes of at least 4 members (excludes halogenated alkanes) is 7. The van der Waals surface area contributed by atoms with Crippen molar-refractivity contribution in [3.8, 4) is 0 Å². The fourth-order valence-electron chi connectivity index (χ4n) is 2.19. The van der Waals surface area contributed by atoms with Crippen LogP contribution in [0.15, 0.2) is 0 Å². The Morgan fingerprint density at radius 3 is 1.90 bits per heavy atom. The molecule has 0 rings (SSSR count). The van der Waals surface area contributed by atoms with Gasteiger partial charge in [0, 0.05) is 0 Å². The largest absolute Gasteiger partial charge is 0.469 e. The molecule has 0 saturated heterocycles. The van der Waals surface area contributed by atoms with E-state index >= 15 is 0 Å². The van der Waals surface area contributed by atoms with Gasteiger partial charge in [-0.25, -0.2) is 4.57 Å². The van der Waals surface area contributed by atoms with Crippen LogP contribution in [-0.4, -0.2) is 48.1 Å². The minimum Gasteiger partial charge on any atom is -0.327 e. The van der Waals surface area contributed by atoms with Crippen molar-refractivity contribution in [3.63, 3.8) is 0 Å². The predicted octanol–water partition coefficient (Wildman–Crippen LogP) is 3.31. The summed E-state index contributed by atoms with van der Waals surface area (Å²) in [6.07, 6.45) is 10.4. The molecule has 122 valence electrons. The van der Waals surface area contributed by atoms with Gasteiger partial charge in [0.05, 0.1) is 20.6 Å². The third-order valence-electron chi connectivity index (χ3n) is 3.57. The van der Waals surface area contributed by atoms with Crippen LogP contribution in [0.4, 0.5) is 0 Å². The summed E-state index contributed by atoms with van der Waals surface area (Å²) in [6.45, 7) is 3.99. The van der Waals surface area contributed by atoms with Gasteiger partial charge in [0.1, 0.15) is 13.2 Å². The highest BCUT2D eigenvalue weighted by molar-refractivity contribution is 7.46. The third kappa shape index (κ3) is 14.5. The second-order valence-electron chi connectivity index (χ2n) is 6.18. The van der Waals surface area contributed by atoms with Crippen LogP contribution in [0, 0.1) is 0 Å². The van der Waals surface area contributed by atoms with Gasteiger partial charge in [0.15, 0.2) is 0 Å². The number of phosphoric ester groups is 1. The van der Waals surface area contributed by atoms with Gasteiger partial charge < -0.3 is 14.3 Å². The number of hydrogen-bond donors (Lipinski definition) is 2. The number of quaternary nitrogens is 1. The molecule has 0 aliphatic rings. The SMILES string of the molecule is CCCCCCCCCC[N+](C)(C)CCOP(=O)(O)O. The molecule has 0 atom stereocenters. The summed E-state index contributed by atoms with van der Waals surface area (Å²) in [5.41, 5.74) is 0. The highest BCUT2D eigenvalue weighted by Crippen LogP contribution is 2.35. The normalized spacial score (nSPS) is 12.8. The molecule has 0 aromatic heterocycles. The van der Waals surface area contributed by atoms with Crippen LogP contribution in [0.25, 0.3) is 0 Å². The van der Waals surface area contributed by atoms with Crippen LogP contribution in [-0.2, 0) is 9.09 Å². The van der Waals surface area contributed by atoms with Gasteiger partial charge in [-0.15, -0.1) is 0 Å². The first kappa shape index (κ1) is 20.1. The number of hydrogen-bond acceptors (Lipinski definition) is 2. The van der Waals surface area contributed by atoms with Gasteiger partial charge in [-0.2, -0.15) is 0 Å². The first-order valence-corrected chi connectivity index (χ1v) is 9.32. The zero-order chi connectivity index (χ0) is 15.5. The monoisotopic (exact) mass is 310 g/mol. The van der Waals surface area contributed by atoms with E-state index in [0.29, 0.717) is 6.54 Å². The van der Waals surface area contributed by atoms with Crippen LogP contribution < -0.4 is 0 Å². The summed E-state index contributed by atoms with van der Waals surface area (Å²) in [4.78, 5) is 17.3. The molecule has 0 saturated carbocycles. The van der Waals surface area contributed by atoms with Crippen molar-refractivity contribution in [1.29, 1.82) is 0 Å². The lowest BCUT2D eigenvalue weighted by Gasteiger charge is -2.29. The molecule has 0 bridgehead atoms. The lowest BCUT2D eigenvalue weighted by molar-refractivity contribution is -0.890. The van der Waals surface area contributed by atoms with Crippen LogP contribution in [0.2, 0.25) is 0 Å². The summed E-state index contributed by atoms with van der Waals surface area (Å²) in [5, 5.41) is 0. The maximum Gasteiger partial charge on any atom is 0.469 e. The average Bonchev–Trinajstić information content (AvgIpc) is 2.30. The van der Waals surface area contributed by atoms with Crippen LogP contribution in [0.5, 0.6) is 0 Å². The Labute approximate surface area is 124 Å². The standard InChI is InChI=1S/C14H32NO4P/c1-4-5-6-7-8-9-10-11-12-15(2,3)13-14-19-20(16,17)18/h4-14H2,1-3H3,(H-,16,17,18)/p+1. The van der Waals surface area contributed by atoms with E-state index in [9.17, 15) is 4.57 Å². The summed E-state index contributed by atoms with van der Waals surface area (Å²) in [5.74, 6) is 0. The Bertz CT molecular complexity index is 278. The van der Waals surface area contributed by atoms with Crippen molar-refractivity contribution in [1.82, 2.24) is 0 Å². The Morgan fingerprint density at radius 2 is 1.40 bits per heavy atom. The van der Waals surface area contributed by atoms with Crippen LogP contribution in [0.1, 0.15) is 58.3 Å². The second-order valence-corrected chi connectivity index (χ2v) is 7.42. The molecule has 0 radical (unpaired) electrons. The highest BCUT2D eigenvalue weighted by Gasteiger charge is 2.19. The topological polar surface area (TPSA) is 66.8 Å². The zero-order valence-electron chi connectivity index (χ0n) is 13.4. The van der Waals surface area contributed by atoms with E-state index in [1.807, 2.05) is 0 Å². The first-order chi connectivity index (χ1) is 9.27. The molecule has 0 aliphatic carbocycles. The molecule has 6 heteroatoms. The summed E-state index contributed by atoms with van der Waals surface area (Å²) in [7, 11) is -0.165. The Balaban J connectivity index is 3.50. The van der Waals surface area contributed by atoms with Crippen molar-refractivity contribution in [2.75, 3.05) is 33.8 Å². The van der Waals surface area contributed by atoms with Crippen molar-refractivity contribution in [2.24, 2.45) is 0 Å². The maximum atomic E-state index is 10.6. The van der Waals surface area contributed by atoms with Crippen molar-refractivity contribution >= 4 is 7.82 Å². The molecule has 0 aromatic rings. The molecule has 0 aromatic carbocycles. The summed E-state index contributed by atoms with van der Waals surface area (Å²) < 4.78 is 15.8. The lowest BCUT2D eigenvalue weighted by Crippen LogP contribution is -2.42. The Morgan fingerprint density at radius 1 is 0.900 bits per heavy atom. The van der Waals surface area contributed by atoms with E-state index in [1.54, 1.807) is 0 Å². The third-order valence-corrected chi connectivity index (χ3v) is 4.09. The smallest absolute Gasteiger partial charge is 0.327 e. The van der Waals surface area contributed by atoms with E-state index in [-0.39, 0.29) is 6.61 Å². The fourth-order valence-corrected chi connectivity index (χ4v) is 2.51. The molecule has 0 fully saturated rings. The van der Waals surface area contributed by atoms with Crippen LogP contribution >= 0.6 is 7.82 Å². The molecule has 0 heterocycles. The number of nitrogens with zero attached hydrogens (tertiary/aromatic N) is 1. The van der Waals surface area contributed by atoms with E-state index in [0.717, 1.165) is 17.4 Å². The quantitative estimate of drug-likeness (QED) is 0.311. The second kappa shape index (κ2) is 10.7. The Kier molecular flexibility index (Phi) is 10.8. The summed E-state index contributed by atoms with van der Waals surface area (Å²) in [6, 6.07) is 0. The predicted molar refractivity (Wildman–Crippen MR) is 82.4 cm³/mol. The minimum absolute atomic E-state index is 0.105. The van der Waals surface area contributed by atoms with Crippen molar-refractivity contribution in [3.05, 3.63) is 0 Å². The zero-order valence-corrected chi connectivity index (χ0v) is 14.3. The van der Waals surface area contributed by atoms with E-state index in [2.05, 4.69) is 25.5 Å². The molecule has 2 N–H and O–H groups in total. The fraction of sp³-hybridized carbons (Fsp3) is 1.00. The van der Waals surface area contributed by atoms with Gasteiger partial charge in [-0.1, -0.05) is 45.4 Å². The van der Waals surface area contributed by atoms with Gasteiger partial charge in [-0.05, 0) is 12.8 Å². The average molecular weight is 310 g/mol. The van der Waals surface area contributed by atoms with Gasteiger partial charge in [-0.3, -0.25) is 4.52 Å². The number of likely N-dealkylation sites (N-methyl/N-ethyl adjacent to an activating group) is 1. The van der Waals surface area contributed by atoms with Gasteiger partial charge >= 0.3 is 7.82 Å². The minimum atomic E-state index is -4.31. The van der Waals surface area contributed by atoms with Crippen LogP contribution in [0.3, 0.4) is 0 Å².